The summed E-state index contributed by atoms with van der Waals surface area (Å²) in [5.41, 5.74) is 1.57. The number of hydrogen-bond donors (Lipinski definition) is 3. The van der Waals surface area contributed by atoms with Crippen LogP contribution in [0.5, 0.6) is 0 Å². The Bertz CT molecular complexity index is 637. The Kier molecular flexibility index (Phi) is 5.42. The van der Waals surface area contributed by atoms with Crippen molar-refractivity contribution in [3.05, 3.63) is 29.3 Å². The lowest BCUT2D eigenvalue weighted by Crippen LogP contribution is -2.38. The van der Waals surface area contributed by atoms with Gasteiger partial charge in [-0.25, -0.2) is 8.42 Å². The number of sulfonamides is 1. The van der Waals surface area contributed by atoms with E-state index in [0.717, 1.165) is 37.8 Å². The standard InChI is InChI=1S/C15H23N3O3S/c1-11-5-6-14(18-22(2,20)21)13(8-11)15(19)17-10-12-4-3-7-16-9-12/h5-6,8,12,16,18H,3-4,7,9-10H2,1-2H3,(H,17,19). The number of rotatable bonds is 5. The Hall–Kier alpha value is -1.60. The molecule has 0 saturated carbocycles. The minimum atomic E-state index is -3.42. The van der Waals surface area contributed by atoms with Gasteiger partial charge in [-0.3, -0.25) is 9.52 Å². The third kappa shape index (κ3) is 4.99. The molecule has 7 heteroatoms. The van der Waals surface area contributed by atoms with Crippen LogP contribution in [0.3, 0.4) is 0 Å². The molecule has 1 aliphatic heterocycles. The first-order valence-corrected chi connectivity index (χ1v) is 9.31. The Morgan fingerprint density at radius 1 is 1.41 bits per heavy atom. The Balaban J connectivity index is 2.08. The summed E-state index contributed by atoms with van der Waals surface area (Å²) < 4.78 is 25.2. The summed E-state index contributed by atoms with van der Waals surface area (Å²) in [4.78, 5) is 12.4. The first kappa shape index (κ1) is 16.8. The van der Waals surface area contributed by atoms with Crippen molar-refractivity contribution in [2.75, 3.05) is 30.6 Å². The van der Waals surface area contributed by atoms with Crippen LogP contribution in [0.1, 0.15) is 28.8 Å². The normalized spacial score (nSPS) is 18.7. The van der Waals surface area contributed by atoms with E-state index >= 15 is 0 Å². The first-order chi connectivity index (χ1) is 10.3. The predicted octanol–water partition coefficient (Wildman–Crippen LogP) is 1.10. The zero-order chi connectivity index (χ0) is 16.2. The SMILES string of the molecule is Cc1ccc(NS(C)(=O)=O)c(C(=O)NCC2CCCNC2)c1. The van der Waals surface area contributed by atoms with Gasteiger partial charge in [-0.15, -0.1) is 0 Å². The third-order valence-corrected chi connectivity index (χ3v) is 4.26. The van der Waals surface area contributed by atoms with E-state index in [0.29, 0.717) is 23.7 Å². The molecule has 6 nitrogen and oxygen atoms in total. The molecule has 1 unspecified atom stereocenters. The van der Waals surface area contributed by atoms with E-state index < -0.39 is 10.0 Å². The summed E-state index contributed by atoms with van der Waals surface area (Å²) in [6, 6.07) is 5.09. The van der Waals surface area contributed by atoms with Crippen molar-refractivity contribution >= 4 is 21.6 Å². The molecule has 1 amide bonds. The highest BCUT2D eigenvalue weighted by molar-refractivity contribution is 7.92. The average Bonchev–Trinajstić information content (AvgIpc) is 2.46. The average molecular weight is 325 g/mol. The van der Waals surface area contributed by atoms with E-state index in [1.54, 1.807) is 18.2 Å². The number of anilines is 1. The molecule has 0 spiro atoms. The van der Waals surface area contributed by atoms with Gasteiger partial charge < -0.3 is 10.6 Å². The number of hydrogen-bond acceptors (Lipinski definition) is 4. The Morgan fingerprint density at radius 3 is 2.82 bits per heavy atom. The molecule has 0 bridgehead atoms. The smallest absolute Gasteiger partial charge is 0.253 e. The summed E-state index contributed by atoms with van der Waals surface area (Å²) >= 11 is 0. The zero-order valence-corrected chi connectivity index (χ0v) is 13.8. The van der Waals surface area contributed by atoms with E-state index in [1.165, 1.54) is 0 Å². The topological polar surface area (TPSA) is 87.3 Å². The maximum atomic E-state index is 12.4. The fourth-order valence-corrected chi connectivity index (χ4v) is 3.14. The Morgan fingerprint density at radius 2 is 2.18 bits per heavy atom. The summed E-state index contributed by atoms with van der Waals surface area (Å²) in [5.74, 6) is 0.175. The molecule has 1 atom stereocenters. The molecule has 2 rings (SSSR count). The van der Waals surface area contributed by atoms with Gasteiger partial charge in [0.15, 0.2) is 0 Å². The molecule has 3 N–H and O–H groups in total. The van der Waals surface area contributed by atoms with Gasteiger partial charge in [-0.05, 0) is 50.9 Å². The van der Waals surface area contributed by atoms with Gasteiger partial charge in [0.1, 0.15) is 0 Å². The molecule has 1 aliphatic rings. The first-order valence-electron chi connectivity index (χ1n) is 7.42. The monoisotopic (exact) mass is 325 g/mol. The van der Waals surface area contributed by atoms with Crippen LogP contribution in [0.15, 0.2) is 18.2 Å². The van der Waals surface area contributed by atoms with Crippen LogP contribution in [0.25, 0.3) is 0 Å². The maximum Gasteiger partial charge on any atom is 0.253 e. The lowest BCUT2D eigenvalue weighted by molar-refractivity contribution is 0.0945. The molecule has 1 aromatic carbocycles. The fourth-order valence-electron chi connectivity index (χ4n) is 2.57. The molecule has 1 fully saturated rings. The van der Waals surface area contributed by atoms with Gasteiger partial charge in [-0.1, -0.05) is 11.6 Å². The predicted molar refractivity (Wildman–Crippen MR) is 87.6 cm³/mol. The number of piperidine rings is 1. The Labute approximate surface area is 131 Å². The van der Waals surface area contributed by atoms with E-state index in [-0.39, 0.29) is 5.91 Å². The quantitative estimate of drug-likeness (QED) is 0.756. The molecular formula is C15H23N3O3S. The van der Waals surface area contributed by atoms with E-state index in [1.807, 2.05) is 6.92 Å². The summed E-state index contributed by atoms with van der Waals surface area (Å²) in [5, 5.41) is 6.22. The molecule has 0 aliphatic carbocycles. The van der Waals surface area contributed by atoms with Crippen molar-refractivity contribution in [3.8, 4) is 0 Å². The molecule has 1 heterocycles. The van der Waals surface area contributed by atoms with Crippen LogP contribution in [-0.4, -0.2) is 40.2 Å². The minimum absolute atomic E-state index is 0.250. The highest BCUT2D eigenvalue weighted by Gasteiger charge is 2.17. The van der Waals surface area contributed by atoms with Crippen molar-refractivity contribution < 1.29 is 13.2 Å². The number of carbonyl (C=O) groups excluding carboxylic acids is 1. The molecule has 22 heavy (non-hydrogen) atoms. The second kappa shape index (κ2) is 7.11. The minimum Gasteiger partial charge on any atom is -0.352 e. The number of benzene rings is 1. The molecule has 1 aromatic rings. The lowest BCUT2D eigenvalue weighted by atomic mass is 9.99. The number of nitrogens with one attached hydrogen (secondary N) is 3. The highest BCUT2D eigenvalue weighted by Crippen LogP contribution is 2.19. The molecule has 0 aromatic heterocycles. The molecular weight excluding hydrogens is 302 g/mol. The van der Waals surface area contributed by atoms with Gasteiger partial charge in [-0.2, -0.15) is 0 Å². The van der Waals surface area contributed by atoms with Crippen LogP contribution in [0.2, 0.25) is 0 Å². The lowest BCUT2D eigenvalue weighted by Gasteiger charge is -2.23. The number of amides is 1. The van der Waals surface area contributed by atoms with Gasteiger partial charge in [0.2, 0.25) is 10.0 Å². The van der Waals surface area contributed by atoms with E-state index in [9.17, 15) is 13.2 Å². The number of aryl methyl sites for hydroxylation is 1. The van der Waals surface area contributed by atoms with Crippen LogP contribution >= 0.6 is 0 Å². The van der Waals surface area contributed by atoms with Crippen molar-refractivity contribution in [2.24, 2.45) is 5.92 Å². The number of carbonyl (C=O) groups is 1. The second-order valence-corrected chi connectivity index (χ2v) is 7.59. The van der Waals surface area contributed by atoms with Crippen LogP contribution in [-0.2, 0) is 10.0 Å². The second-order valence-electron chi connectivity index (χ2n) is 5.85. The van der Waals surface area contributed by atoms with Gasteiger partial charge >= 0.3 is 0 Å². The van der Waals surface area contributed by atoms with Crippen LogP contribution < -0.4 is 15.4 Å². The zero-order valence-electron chi connectivity index (χ0n) is 13.0. The van der Waals surface area contributed by atoms with Gasteiger partial charge in [0.25, 0.3) is 5.91 Å². The molecule has 122 valence electrons. The van der Waals surface area contributed by atoms with E-state index in [2.05, 4.69) is 15.4 Å². The van der Waals surface area contributed by atoms with Gasteiger partial charge in [0, 0.05) is 6.54 Å². The largest absolute Gasteiger partial charge is 0.352 e. The van der Waals surface area contributed by atoms with Crippen molar-refractivity contribution in [1.29, 1.82) is 0 Å². The maximum absolute atomic E-state index is 12.4. The van der Waals surface area contributed by atoms with Crippen LogP contribution in [0.4, 0.5) is 5.69 Å². The van der Waals surface area contributed by atoms with Crippen molar-refractivity contribution in [2.45, 2.75) is 19.8 Å². The third-order valence-electron chi connectivity index (χ3n) is 3.67. The molecule has 1 saturated heterocycles. The van der Waals surface area contributed by atoms with E-state index in [4.69, 9.17) is 0 Å². The van der Waals surface area contributed by atoms with Crippen molar-refractivity contribution in [1.82, 2.24) is 10.6 Å². The fraction of sp³-hybridized carbons (Fsp3) is 0.533. The van der Waals surface area contributed by atoms with Gasteiger partial charge in [0.05, 0.1) is 17.5 Å². The van der Waals surface area contributed by atoms with Crippen LogP contribution in [0, 0.1) is 12.8 Å². The van der Waals surface area contributed by atoms with Crippen molar-refractivity contribution in [3.63, 3.8) is 0 Å². The summed E-state index contributed by atoms with van der Waals surface area (Å²) in [7, 11) is -3.42. The summed E-state index contributed by atoms with van der Waals surface area (Å²) in [6.07, 6.45) is 3.28. The summed E-state index contributed by atoms with van der Waals surface area (Å²) in [6.45, 7) is 4.40. The highest BCUT2D eigenvalue weighted by atomic mass is 32.2. The molecule has 0 radical (unpaired) electrons.